The second-order valence-corrected chi connectivity index (χ2v) is 4.40. The maximum Gasteiger partial charge on any atom is 0.233 e. The van der Waals surface area contributed by atoms with E-state index in [1.54, 1.807) is 0 Å². The Balaban J connectivity index is 1.96. The van der Waals surface area contributed by atoms with Gasteiger partial charge < -0.3 is 10.6 Å². The molecule has 0 heterocycles. The first kappa shape index (κ1) is 12.2. The molecule has 1 amide bonds. The van der Waals surface area contributed by atoms with Crippen molar-refractivity contribution in [3.63, 3.8) is 0 Å². The molecule has 2 N–H and O–H groups in total. The highest BCUT2D eigenvalue weighted by Crippen LogP contribution is 2.27. The molecule has 1 aliphatic carbocycles. The third-order valence-electron chi connectivity index (χ3n) is 2.70. The lowest BCUT2D eigenvalue weighted by molar-refractivity contribution is -0.120. The monoisotopic (exact) mass is 210 g/mol. The van der Waals surface area contributed by atoms with Crippen molar-refractivity contribution in [3.8, 4) is 0 Å². The van der Waals surface area contributed by atoms with Crippen LogP contribution in [0.3, 0.4) is 0 Å². The Morgan fingerprint density at radius 1 is 1.60 bits per heavy atom. The molecule has 1 rings (SSSR count). The minimum Gasteiger partial charge on any atom is -0.355 e. The molecule has 0 radical (unpaired) electrons. The molecule has 0 aromatic heterocycles. The Kier molecular flexibility index (Phi) is 5.40. The van der Waals surface area contributed by atoms with E-state index < -0.39 is 0 Å². The summed E-state index contributed by atoms with van der Waals surface area (Å²) in [5.41, 5.74) is 0. The van der Waals surface area contributed by atoms with E-state index in [1.165, 1.54) is 12.8 Å². The molecule has 0 saturated heterocycles. The van der Waals surface area contributed by atoms with E-state index in [-0.39, 0.29) is 5.91 Å². The Bertz CT molecular complexity index is 212. The van der Waals surface area contributed by atoms with Gasteiger partial charge in [0.15, 0.2) is 0 Å². The second kappa shape index (κ2) is 6.62. The minimum atomic E-state index is 0.118. The summed E-state index contributed by atoms with van der Waals surface area (Å²) in [5, 5.41) is 6.14. The molecular formula is C12H22N2O. The molecule has 0 spiro atoms. The number of carbonyl (C=O) groups is 1. The standard InChI is InChI=1S/C12H22N2O/c1-3-4-5-10(2)13-9-12(15)14-8-11-6-7-11/h3,10-11,13H,1,4-9H2,2H3,(H,14,15). The van der Waals surface area contributed by atoms with Crippen molar-refractivity contribution in [2.75, 3.05) is 13.1 Å². The fourth-order valence-corrected chi connectivity index (χ4v) is 1.38. The number of rotatable bonds is 8. The van der Waals surface area contributed by atoms with Crippen molar-refractivity contribution < 1.29 is 4.79 Å². The molecule has 1 atom stereocenters. The van der Waals surface area contributed by atoms with Crippen LogP contribution in [0.1, 0.15) is 32.6 Å². The first-order valence-corrected chi connectivity index (χ1v) is 5.83. The van der Waals surface area contributed by atoms with E-state index in [2.05, 4.69) is 24.1 Å². The highest BCUT2D eigenvalue weighted by atomic mass is 16.1. The van der Waals surface area contributed by atoms with Crippen LogP contribution in [0.15, 0.2) is 12.7 Å². The lowest BCUT2D eigenvalue weighted by Gasteiger charge is -2.12. The molecule has 0 aromatic rings. The summed E-state index contributed by atoms with van der Waals surface area (Å²) in [6.07, 6.45) is 6.51. The summed E-state index contributed by atoms with van der Waals surface area (Å²) in [6.45, 7) is 7.07. The quantitative estimate of drug-likeness (QED) is 0.595. The maximum atomic E-state index is 11.4. The first-order chi connectivity index (χ1) is 7.22. The molecule has 1 fully saturated rings. The second-order valence-electron chi connectivity index (χ2n) is 4.40. The third kappa shape index (κ3) is 6.28. The highest BCUT2D eigenvalue weighted by molar-refractivity contribution is 5.78. The van der Waals surface area contributed by atoms with Crippen LogP contribution in [-0.4, -0.2) is 25.0 Å². The van der Waals surface area contributed by atoms with Gasteiger partial charge in [-0.15, -0.1) is 6.58 Å². The van der Waals surface area contributed by atoms with Crippen molar-refractivity contribution in [3.05, 3.63) is 12.7 Å². The van der Waals surface area contributed by atoms with Crippen LogP contribution in [0, 0.1) is 5.92 Å². The van der Waals surface area contributed by atoms with E-state index in [9.17, 15) is 4.79 Å². The summed E-state index contributed by atoms with van der Waals surface area (Å²) in [5.74, 6) is 0.875. The van der Waals surface area contributed by atoms with Gasteiger partial charge in [0.25, 0.3) is 0 Å². The molecule has 15 heavy (non-hydrogen) atoms. The number of carbonyl (C=O) groups excluding carboxylic acids is 1. The van der Waals surface area contributed by atoms with Gasteiger partial charge in [0.05, 0.1) is 6.54 Å². The third-order valence-corrected chi connectivity index (χ3v) is 2.70. The van der Waals surface area contributed by atoms with E-state index in [1.807, 2.05) is 6.08 Å². The van der Waals surface area contributed by atoms with Gasteiger partial charge in [-0.2, -0.15) is 0 Å². The zero-order valence-electron chi connectivity index (χ0n) is 9.59. The van der Waals surface area contributed by atoms with Gasteiger partial charge in [-0.1, -0.05) is 6.08 Å². The Morgan fingerprint density at radius 2 is 2.33 bits per heavy atom. The highest BCUT2D eigenvalue weighted by Gasteiger charge is 2.21. The molecule has 3 heteroatoms. The van der Waals surface area contributed by atoms with Crippen molar-refractivity contribution in [2.45, 2.75) is 38.6 Å². The summed E-state index contributed by atoms with van der Waals surface area (Å²) in [6, 6.07) is 0.384. The number of hydrogen-bond donors (Lipinski definition) is 2. The Morgan fingerprint density at radius 3 is 2.93 bits per heavy atom. The van der Waals surface area contributed by atoms with E-state index in [0.717, 1.165) is 25.3 Å². The Hall–Kier alpha value is -0.830. The van der Waals surface area contributed by atoms with Crippen molar-refractivity contribution in [1.29, 1.82) is 0 Å². The summed E-state index contributed by atoms with van der Waals surface area (Å²) in [4.78, 5) is 11.4. The molecule has 86 valence electrons. The summed E-state index contributed by atoms with van der Waals surface area (Å²) >= 11 is 0. The molecule has 1 aliphatic rings. The van der Waals surface area contributed by atoms with E-state index in [0.29, 0.717) is 12.6 Å². The van der Waals surface area contributed by atoms with Gasteiger partial charge in [-0.25, -0.2) is 0 Å². The van der Waals surface area contributed by atoms with Gasteiger partial charge in [0.2, 0.25) is 5.91 Å². The fraction of sp³-hybridized carbons (Fsp3) is 0.750. The van der Waals surface area contributed by atoms with Crippen LogP contribution < -0.4 is 10.6 Å². The van der Waals surface area contributed by atoms with Crippen LogP contribution >= 0.6 is 0 Å². The number of amides is 1. The zero-order valence-corrected chi connectivity index (χ0v) is 9.59. The van der Waals surface area contributed by atoms with Crippen molar-refractivity contribution >= 4 is 5.91 Å². The topological polar surface area (TPSA) is 41.1 Å². The summed E-state index contributed by atoms with van der Waals surface area (Å²) in [7, 11) is 0. The van der Waals surface area contributed by atoms with Crippen molar-refractivity contribution in [2.24, 2.45) is 5.92 Å². The fourth-order valence-electron chi connectivity index (χ4n) is 1.38. The van der Waals surface area contributed by atoms with Crippen molar-refractivity contribution in [1.82, 2.24) is 10.6 Å². The van der Waals surface area contributed by atoms with Crippen LogP contribution in [-0.2, 0) is 4.79 Å². The van der Waals surface area contributed by atoms with Crippen LogP contribution in [0.5, 0.6) is 0 Å². The van der Waals surface area contributed by atoms with E-state index >= 15 is 0 Å². The predicted molar refractivity (Wildman–Crippen MR) is 62.6 cm³/mol. The van der Waals surface area contributed by atoms with Crippen LogP contribution in [0.4, 0.5) is 0 Å². The normalized spacial score (nSPS) is 17.1. The smallest absolute Gasteiger partial charge is 0.233 e. The lowest BCUT2D eigenvalue weighted by Crippen LogP contribution is -2.38. The lowest BCUT2D eigenvalue weighted by atomic mass is 10.2. The van der Waals surface area contributed by atoms with Gasteiger partial charge in [0.1, 0.15) is 0 Å². The SMILES string of the molecule is C=CCCC(C)NCC(=O)NCC1CC1. The molecule has 0 bridgehead atoms. The number of nitrogens with one attached hydrogen (secondary N) is 2. The molecule has 1 unspecified atom stereocenters. The van der Waals surface area contributed by atoms with Crippen LogP contribution in [0.2, 0.25) is 0 Å². The van der Waals surface area contributed by atoms with Gasteiger partial charge in [-0.3, -0.25) is 4.79 Å². The molecule has 3 nitrogen and oxygen atoms in total. The van der Waals surface area contributed by atoms with Crippen LogP contribution in [0.25, 0.3) is 0 Å². The largest absolute Gasteiger partial charge is 0.355 e. The maximum absolute atomic E-state index is 11.4. The average Bonchev–Trinajstić information content (AvgIpc) is 3.04. The average molecular weight is 210 g/mol. The first-order valence-electron chi connectivity index (χ1n) is 5.83. The zero-order chi connectivity index (χ0) is 11.1. The molecule has 0 aliphatic heterocycles. The summed E-state index contributed by atoms with van der Waals surface area (Å²) < 4.78 is 0. The van der Waals surface area contributed by atoms with Gasteiger partial charge in [0, 0.05) is 12.6 Å². The molecular weight excluding hydrogens is 188 g/mol. The van der Waals surface area contributed by atoms with E-state index in [4.69, 9.17) is 0 Å². The van der Waals surface area contributed by atoms with Gasteiger partial charge >= 0.3 is 0 Å². The minimum absolute atomic E-state index is 0.118. The molecule has 0 aromatic carbocycles. The van der Waals surface area contributed by atoms with Gasteiger partial charge in [-0.05, 0) is 38.5 Å². The predicted octanol–water partition coefficient (Wildman–Crippen LogP) is 1.46. The molecule has 1 saturated carbocycles. The number of hydrogen-bond acceptors (Lipinski definition) is 2. The number of allylic oxidation sites excluding steroid dienone is 1. The Labute approximate surface area is 92.3 Å².